The van der Waals surface area contributed by atoms with E-state index in [0.717, 1.165) is 40.6 Å². The van der Waals surface area contributed by atoms with Crippen LogP contribution in [0.3, 0.4) is 0 Å². The summed E-state index contributed by atoms with van der Waals surface area (Å²) in [5, 5.41) is 12.7. The van der Waals surface area contributed by atoms with Gasteiger partial charge in [0.05, 0.1) is 11.1 Å². The first-order valence-electron chi connectivity index (χ1n) is 10.8. The Bertz CT molecular complexity index is 1290. The Balaban J connectivity index is 2.01. The lowest BCUT2D eigenvalue weighted by Gasteiger charge is -2.14. The molecule has 0 bridgehead atoms. The number of fused-ring (bicyclic) bond motifs is 2. The van der Waals surface area contributed by atoms with E-state index in [0.29, 0.717) is 6.54 Å². The molecule has 4 rings (SSSR count). The molecular weight excluding hydrogens is 386 g/mol. The van der Waals surface area contributed by atoms with Crippen LogP contribution in [0.25, 0.3) is 21.7 Å². The molecule has 158 valence electrons. The summed E-state index contributed by atoms with van der Waals surface area (Å²) in [6.45, 7) is 6.52. The van der Waals surface area contributed by atoms with Crippen LogP contribution in [-0.4, -0.2) is 21.4 Å². The number of Topliss-reactive ketones (excluding diaryl/α,β-unsaturated/α-hetero) is 1. The van der Waals surface area contributed by atoms with E-state index >= 15 is 0 Å². The summed E-state index contributed by atoms with van der Waals surface area (Å²) in [6, 6.07) is 19.6. The zero-order chi connectivity index (χ0) is 22.1. The van der Waals surface area contributed by atoms with Gasteiger partial charge in [0.15, 0.2) is 5.78 Å². The van der Waals surface area contributed by atoms with Crippen molar-refractivity contribution in [3.05, 3.63) is 83.0 Å². The van der Waals surface area contributed by atoms with Crippen LogP contribution in [0.15, 0.2) is 60.7 Å². The average Bonchev–Trinajstić information content (AvgIpc) is 3.06. The zero-order valence-electron chi connectivity index (χ0n) is 18.2. The van der Waals surface area contributed by atoms with Gasteiger partial charge in [0.2, 0.25) is 0 Å². The molecule has 31 heavy (non-hydrogen) atoms. The number of carboxylic acid groups (broad SMARTS) is 1. The summed E-state index contributed by atoms with van der Waals surface area (Å²) in [7, 11) is 0. The van der Waals surface area contributed by atoms with Crippen LogP contribution in [0.5, 0.6) is 0 Å². The minimum Gasteiger partial charge on any atom is -0.478 e. The molecular formula is C27H27NO3. The van der Waals surface area contributed by atoms with Gasteiger partial charge in [-0.2, -0.15) is 0 Å². The first-order valence-corrected chi connectivity index (χ1v) is 10.8. The van der Waals surface area contributed by atoms with Gasteiger partial charge in [0, 0.05) is 29.1 Å². The van der Waals surface area contributed by atoms with Gasteiger partial charge in [0.1, 0.15) is 0 Å². The number of aromatic nitrogens is 1. The number of nitrogens with zero attached hydrogens (tertiary/aromatic N) is 1. The number of carboxylic acids is 1. The molecule has 0 amide bonds. The fourth-order valence-corrected chi connectivity index (χ4v) is 4.38. The van der Waals surface area contributed by atoms with E-state index in [2.05, 4.69) is 35.8 Å². The summed E-state index contributed by atoms with van der Waals surface area (Å²) >= 11 is 0. The van der Waals surface area contributed by atoms with Gasteiger partial charge >= 0.3 is 5.97 Å². The summed E-state index contributed by atoms with van der Waals surface area (Å²) in [4.78, 5) is 24.9. The third-order valence-corrected chi connectivity index (χ3v) is 5.89. The molecule has 4 aromatic rings. The van der Waals surface area contributed by atoms with Crippen molar-refractivity contribution in [1.82, 2.24) is 4.57 Å². The summed E-state index contributed by atoms with van der Waals surface area (Å²) in [6.07, 6.45) is 1.66. The van der Waals surface area contributed by atoms with Gasteiger partial charge in [-0.15, -0.1) is 0 Å². The molecule has 0 spiro atoms. The lowest BCUT2D eigenvalue weighted by atomic mass is 9.96. The SMILES string of the molecule is CCCc1c(C(=O)C(C)C)c2ccc(C(=O)O)cc2n1Cc1cccc2ccccc12. The van der Waals surface area contributed by atoms with Gasteiger partial charge in [-0.05, 0) is 34.9 Å². The molecule has 0 atom stereocenters. The number of ketones is 1. The van der Waals surface area contributed by atoms with E-state index in [1.165, 1.54) is 10.8 Å². The van der Waals surface area contributed by atoms with Gasteiger partial charge in [0.25, 0.3) is 0 Å². The Hall–Kier alpha value is -3.40. The molecule has 4 nitrogen and oxygen atoms in total. The molecule has 1 N–H and O–H groups in total. The second-order valence-electron chi connectivity index (χ2n) is 8.35. The van der Waals surface area contributed by atoms with Crippen molar-refractivity contribution in [2.45, 2.75) is 40.2 Å². The highest BCUT2D eigenvalue weighted by atomic mass is 16.4. The van der Waals surface area contributed by atoms with Crippen molar-refractivity contribution in [2.75, 3.05) is 0 Å². The standard InChI is InChI=1S/C27H27NO3/c1-4-8-23-25(26(29)17(2)3)22-14-13-19(27(30)31)15-24(22)28(23)16-20-11-7-10-18-9-5-6-12-21(18)20/h5-7,9-15,17H,4,8,16H2,1-3H3,(H,30,31). The summed E-state index contributed by atoms with van der Waals surface area (Å²) in [5.74, 6) is -0.992. The largest absolute Gasteiger partial charge is 0.478 e. The molecule has 0 saturated heterocycles. The Morgan fingerprint density at radius 2 is 1.71 bits per heavy atom. The molecule has 4 heteroatoms. The summed E-state index contributed by atoms with van der Waals surface area (Å²) in [5.41, 5.74) is 3.92. The highest BCUT2D eigenvalue weighted by Gasteiger charge is 2.25. The average molecular weight is 414 g/mol. The molecule has 3 aromatic carbocycles. The van der Waals surface area contributed by atoms with Crippen molar-refractivity contribution in [1.29, 1.82) is 0 Å². The Morgan fingerprint density at radius 1 is 0.968 bits per heavy atom. The van der Waals surface area contributed by atoms with Crippen LogP contribution in [0.1, 0.15) is 59.2 Å². The van der Waals surface area contributed by atoms with Crippen molar-refractivity contribution < 1.29 is 14.7 Å². The number of hydrogen-bond donors (Lipinski definition) is 1. The lowest BCUT2D eigenvalue weighted by molar-refractivity contribution is 0.0696. The van der Waals surface area contributed by atoms with E-state index in [1.54, 1.807) is 18.2 Å². The minimum atomic E-state index is -0.964. The second kappa shape index (κ2) is 8.38. The fraction of sp³-hybridized carbons (Fsp3) is 0.259. The van der Waals surface area contributed by atoms with E-state index < -0.39 is 5.97 Å². The quantitative estimate of drug-likeness (QED) is 0.360. The topological polar surface area (TPSA) is 59.3 Å². The smallest absolute Gasteiger partial charge is 0.335 e. The number of carbonyl (C=O) groups excluding carboxylic acids is 1. The van der Waals surface area contributed by atoms with E-state index in [4.69, 9.17) is 0 Å². The van der Waals surface area contributed by atoms with Crippen LogP contribution >= 0.6 is 0 Å². The highest BCUT2D eigenvalue weighted by Crippen LogP contribution is 2.32. The highest BCUT2D eigenvalue weighted by molar-refractivity contribution is 6.11. The van der Waals surface area contributed by atoms with Crippen molar-refractivity contribution in [3.8, 4) is 0 Å². The van der Waals surface area contributed by atoms with E-state index in [1.807, 2.05) is 32.0 Å². The molecule has 0 unspecified atom stereocenters. The molecule has 1 heterocycles. The maximum absolute atomic E-state index is 13.2. The van der Waals surface area contributed by atoms with Crippen molar-refractivity contribution in [2.24, 2.45) is 5.92 Å². The third-order valence-electron chi connectivity index (χ3n) is 5.89. The first-order chi connectivity index (χ1) is 14.9. The normalized spacial score (nSPS) is 11.5. The zero-order valence-corrected chi connectivity index (χ0v) is 18.2. The van der Waals surface area contributed by atoms with Crippen molar-refractivity contribution in [3.63, 3.8) is 0 Å². The van der Waals surface area contributed by atoms with Crippen molar-refractivity contribution >= 4 is 33.4 Å². The molecule has 0 aliphatic rings. The number of hydrogen-bond acceptors (Lipinski definition) is 2. The molecule has 1 aromatic heterocycles. The molecule has 0 fully saturated rings. The minimum absolute atomic E-state index is 0.105. The molecule has 0 saturated carbocycles. The van der Waals surface area contributed by atoms with Crippen LogP contribution in [0.2, 0.25) is 0 Å². The van der Waals surface area contributed by atoms with Crippen LogP contribution in [0, 0.1) is 5.92 Å². The Morgan fingerprint density at radius 3 is 2.42 bits per heavy atom. The Labute approximate surface area is 182 Å². The molecule has 0 aliphatic carbocycles. The molecule has 0 radical (unpaired) electrons. The van der Waals surface area contributed by atoms with Crippen LogP contribution in [-0.2, 0) is 13.0 Å². The number of benzene rings is 3. The maximum atomic E-state index is 13.2. The predicted octanol–water partition coefficient (Wildman–Crippen LogP) is 6.33. The number of aromatic carboxylic acids is 1. The monoisotopic (exact) mass is 413 g/mol. The maximum Gasteiger partial charge on any atom is 0.335 e. The van der Waals surface area contributed by atoms with Gasteiger partial charge in [-0.3, -0.25) is 4.79 Å². The van der Waals surface area contributed by atoms with E-state index in [9.17, 15) is 14.7 Å². The predicted molar refractivity (Wildman–Crippen MR) is 125 cm³/mol. The lowest BCUT2D eigenvalue weighted by Crippen LogP contribution is -2.12. The molecule has 0 aliphatic heterocycles. The van der Waals surface area contributed by atoms with Crippen LogP contribution in [0.4, 0.5) is 0 Å². The van der Waals surface area contributed by atoms with Crippen LogP contribution < -0.4 is 0 Å². The van der Waals surface area contributed by atoms with Gasteiger partial charge in [-0.1, -0.05) is 75.7 Å². The van der Waals surface area contributed by atoms with Gasteiger partial charge in [-0.25, -0.2) is 4.79 Å². The second-order valence-corrected chi connectivity index (χ2v) is 8.35. The first kappa shape index (κ1) is 20.9. The third kappa shape index (κ3) is 3.74. The number of carbonyl (C=O) groups is 2. The van der Waals surface area contributed by atoms with Gasteiger partial charge < -0.3 is 9.67 Å². The Kier molecular flexibility index (Phi) is 5.64. The number of rotatable bonds is 7. The summed E-state index contributed by atoms with van der Waals surface area (Å²) < 4.78 is 2.16. The van der Waals surface area contributed by atoms with E-state index in [-0.39, 0.29) is 17.3 Å². The fourth-order valence-electron chi connectivity index (χ4n) is 4.38.